The smallest absolute Gasteiger partial charge is 0.221 e. The minimum atomic E-state index is -0.0731. The zero-order valence-corrected chi connectivity index (χ0v) is 18.5. The first-order valence-corrected chi connectivity index (χ1v) is 9.17. The molecule has 0 aliphatic carbocycles. The number of amides is 1. The van der Waals surface area contributed by atoms with Gasteiger partial charge in [-0.2, -0.15) is 0 Å². The molecule has 1 amide bonds. The highest BCUT2D eigenvalue weighted by Crippen LogP contribution is 2.13. The molecule has 3 N–H and O–H groups in total. The largest absolute Gasteiger partial charge is 0.356 e. The van der Waals surface area contributed by atoms with E-state index in [1.807, 2.05) is 30.5 Å². The molecular weight excluding hydrogens is 461 g/mol. The van der Waals surface area contributed by atoms with Crippen LogP contribution in [0, 0.1) is 0 Å². The van der Waals surface area contributed by atoms with Gasteiger partial charge in [0.05, 0.1) is 5.01 Å². The molecule has 2 rings (SSSR count). The SMILES string of the molecule is CCc1cnc(CCNC(=NC)NCc2cccc(NC(C)=O)c2)s1.I. The number of aliphatic imine (C=N–C) groups is 1. The quantitative estimate of drug-likeness (QED) is 0.319. The van der Waals surface area contributed by atoms with Crippen LogP contribution in [0.4, 0.5) is 5.69 Å². The van der Waals surface area contributed by atoms with Gasteiger partial charge in [-0.25, -0.2) is 4.98 Å². The zero-order valence-electron chi connectivity index (χ0n) is 15.3. The third-order valence-electron chi connectivity index (χ3n) is 3.51. The van der Waals surface area contributed by atoms with E-state index in [-0.39, 0.29) is 29.9 Å². The van der Waals surface area contributed by atoms with Gasteiger partial charge >= 0.3 is 0 Å². The Morgan fingerprint density at radius 1 is 1.31 bits per heavy atom. The van der Waals surface area contributed by atoms with E-state index in [4.69, 9.17) is 0 Å². The van der Waals surface area contributed by atoms with Gasteiger partial charge in [0, 0.05) is 50.2 Å². The van der Waals surface area contributed by atoms with E-state index in [1.54, 1.807) is 18.4 Å². The average Bonchev–Trinajstić information content (AvgIpc) is 3.05. The van der Waals surface area contributed by atoms with Gasteiger partial charge in [0.25, 0.3) is 0 Å². The highest BCUT2D eigenvalue weighted by molar-refractivity contribution is 14.0. The summed E-state index contributed by atoms with van der Waals surface area (Å²) in [6.45, 7) is 5.05. The Morgan fingerprint density at radius 3 is 2.77 bits per heavy atom. The number of anilines is 1. The number of hydrogen-bond donors (Lipinski definition) is 3. The molecule has 1 aromatic carbocycles. The number of aryl methyl sites for hydroxylation is 1. The van der Waals surface area contributed by atoms with Crippen molar-refractivity contribution < 1.29 is 4.79 Å². The minimum Gasteiger partial charge on any atom is -0.356 e. The molecule has 0 radical (unpaired) electrons. The van der Waals surface area contributed by atoms with Gasteiger partial charge in [0.2, 0.25) is 5.91 Å². The molecule has 0 spiro atoms. The second-order valence-electron chi connectivity index (χ2n) is 5.56. The predicted octanol–water partition coefficient (Wildman–Crippen LogP) is 3.19. The number of benzene rings is 1. The lowest BCUT2D eigenvalue weighted by molar-refractivity contribution is -0.114. The summed E-state index contributed by atoms with van der Waals surface area (Å²) in [6, 6.07) is 7.75. The molecule has 0 aliphatic heterocycles. The molecule has 0 saturated carbocycles. The lowest BCUT2D eigenvalue weighted by Gasteiger charge is -2.12. The number of aromatic nitrogens is 1. The van der Waals surface area contributed by atoms with Crippen molar-refractivity contribution in [3.63, 3.8) is 0 Å². The molecule has 1 heterocycles. The Bertz CT molecular complexity index is 732. The summed E-state index contributed by atoms with van der Waals surface area (Å²) in [6.07, 6.45) is 3.87. The molecule has 6 nitrogen and oxygen atoms in total. The van der Waals surface area contributed by atoms with Crippen molar-refractivity contribution >= 4 is 52.9 Å². The van der Waals surface area contributed by atoms with Crippen LogP contribution in [0.1, 0.15) is 29.3 Å². The number of thiazole rings is 1. The lowest BCUT2D eigenvalue weighted by atomic mass is 10.2. The standard InChI is InChI=1S/C18H25N5OS.HI/c1-4-16-12-21-17(25-16)8-9-20-18(19-3)22-11-14-6-5-7-15(10-14)23-13(2)24;/h5-7,10,12H,4,8-9,11H2,1-3H3,(H,23,24)(H2,19,20,22);1H. The number of nitrogens with one attached hydrogen (secondary N) is 3. The molecular formula is C18H26IN5OS. The summed E-state index contributed by atoms with van der Waals surface area (Å²) >= 11 is 1.76. The third-order valence-corrected chi connectivity index (χ3v) is 4.71. The van der Waals surface area contributed by atoms with E-state index in [0.29, 0.717) is 6.54 Å². The van der Waals surface area contributed by atoms with E-state index in [0.717, 1.165) is 41.6 Å². The Hall–Kier alpha value is -1.68. The highest BCUT2D eigenvalue weighted by Gasteiger charge is 2.03. The van der Waals surface area contributed by atoms with Gasteiger partial charge < -0.3 is 16.0 Å². The van der Waals surface area contributed by atoms with Crippen LogP contribution >= 0.6 is 35.3 Å². The molecule has 0 saturated heterocycles. The van der Waals surface area contributed by atoms with Crippen molar-refractivity contribution in [2.24, 2.45) is 4.99 Å². The minimum absolute atomic E-state index is 0. The number of carbonyl (C=O) groups is 1. The van der Waals surface area contributed by atoms with Crippen molar-refractivity contribution in [3.8, 4) is 0 Å². The summed E-state index contributed by atoms with van der Waals surface area (Å²) in [4.78, 5) is 21.1. The molecule has 142 valence electrons. The number of hydrogen-bond acceptors (Lipinski definition) is 4. The molecule has 0 bridgehead atoms. The third kappa shape index (κ3) is 7.69. The summed E-state index contributed by atoms with van der Waals surface area (Å²) in [5.74, 6) is 0.674. The Labute approximate surface area is 175 Å². The van der Waals surface area contributed by atoms with Crippen molar-refractivity contribution in [1.82, 2.24) is 15.6 Å². The second kappa shape index (κ2) is 11.8. The number of carbonyl (C=O) groups excluding carboxylic acids is 1. The van der Waals surface area contributed by atoms with Crippen LogP contribution in [-0.4, -0.2) is 30.4 Å². The van der Waals surface area contributed by atoms with Crippen molar-refractivity contribution in [3.05, 3.63) is 45.9 Å². The van der Waals surface area contributed by atoms with Crippen LogP contribution in [0.15, 0.2) is 35.5 Å². The summed E-state index contributed by atoms with van der Waals surface area (Å²) in [7, 11) is 1.75. The fraction of sp³-hybridized carbons (Fsp3) is 0.389. The maximum Gasteiger partial charge on any atom is 0.221 e. The highest BCUT2D eigenvalue weighted by atomic mass is 127. The van der Waals surface area contributed by atoms with Crippen molar-refractivity contribution in [2.45, 2.75) is 33.2 Å². The van der Waals surface area contributed by atoms with Crippen LogP contribution < -0.4 is 16.0 Å². The van der Waals surface area contributed by atoms with Crippen molar-refractivity contribution in [1.29, 1.82) is 0 Å². The molecule has 2 aromatic rings. The van der Waals surface area contributed by atoms with Crippen LogP contribution in [-0.2, 0) is 24.2 Å². The van der Waals surface area contributed by atoms with Crippen LogP contribution in [0.25, 0.3) is 0 Å². The number of guanidine groups is 1. The molecule has 1 aromatic heterocycles. The summed E-state index contributed by atoms with van der Waals surface area (Å²) in [5.41, 5.74) is 1.87. The summed E-state index contributed by atoms with van der Waals surface area (Å²) in [5, 5.41) is 10.5. The molecule has 0 unspecified atom stereocenters. The average molecular weight is 487 g/mol. The molecule has 26 heavy (non-hydrogen) atoms. The van der Waals surface area contributed by atoms with E-state index in [9.17, 15) is 4.79 Å². The molecule has 0 aliphatic rings. The van der Waals surface area contributed by atoms with Crippen molar-refractivity contribution in [2.75, 3.05) is 18.9 Å². The van der Waals surface area contributed by atoms with E-state index in [1.165, 1.54) is 11.8 Å². The molecule has 0 fully saturated rings. The van der Waals surface area contributed by atoms with Gasteiger partial charge in [0.1, 0.15) is 0 Å². The van der Waals surface area contributed by atoms with Crippen LogP contribution in [0.2, 0.25) is 0 Å². The van der Waals surface area contributed by atoms with Gasteiger partial charge in [0.15, 0.2) is 5.96 Å². The maximum atomic E-state index is 11.1. The Kier molecular flexibility index (Phi) is 10.2. The fourth-order valence-electron chi connectivity index (χ4n) is 2.28. The van der Waals surface area contributed by atoms with Gasteiger partial charge in [-0.3, -0.25) is 9.79 Å². The zero-order chi connectivity index (χ0) is 18.1. The summed E-state index contributed by atoms with van der Waals surface area (Å²) < 4.78 is 0. The first kappa shape index (κ1) is 22.4. The number of rotatable bonds is 7. The lowest BCUT2D eigenvalue weighted by Crippen LogP contribution is -2.37. The van der Waals surface area contributed by atoms with Gasteiger partial charge in [-0.05, 0) is 24.1 Å². The number of nitrogens with zero attached hydrogens (tertiary/aromatic N) is 2. The van der Waals surface area contributed by atoms with Gasteiger partial charge in [-0.15, -0.1) is 35.3 Å². The van der Waals surface area contributed by atoms with Gasteiger partial charge in [-0.1, -0.05) is 19.1 Å². The monoisotopic (exact) mass is 487 g/mol. The van der Waals surface area contributed by atoms with Crippen LogP contribution in [0.3, 0.4) is 0 Å². The Balaban J connectivity index is 0.00000338. The van der Waals surface area contributed by atoms with E-state index in [2.05, 4.69) is 32.9 Å². The Morgan fingerprint density at radius 2 is 2.12 bits per heavy atom. The predicted molar refractivity (Wildman–Crippen MR) is 120 cm³/mol. The van der Waals surface area contributed by atoms with Crippen LogP contribution in [0.5, 0.6) is 0 Å². The molecule has 8 heteroatoms. The first-order valence-electron chi connectivity index (χ1n) is 8.35. The topological polar surface area (TPSA) is 78.4 Å². The molecule has 0 atom stereocenters. The first-order chi connectivity index (χ1) is 12.1. The number of halogens is 1. The van der Waals surface area contributed by atoms with E-state index < -0.39 is 0 Å². The maximum absolute atomic E-state index is 11.1. The fourth-order valence-corrected chi connectivity index (χ4v) is 3.15. The second-order valence-corrected chi connectivity index (χ2v) is 6.76. The normalized spacial score (nSPS) is 10.8. The van der Waals surface area contributed by atoms with E-state index >= 15 is 0 Å².